The molecule has 1 fully saturated rings. The van der Waals surface area contributed by atoms with Crippen LogP contribution in [0.25, 0.3) is 0 Å². The molecule has 1 aliphatic heterocycles. The van der Waals surface area contributed by atoms with Crippen LogP contribution in [0.5, 0.6) is 5.75 Å². The highest BCUT2D eigenvalue weighted by Crippen LogP contribution is 2.18. The van der Waals surface area contributed by atoms with Crippen molar-refractivity contribution in [2.45, 2.75) is 19.8 Å². The molecule has 0 aliphatic carbocycles. The van der Waals surface area contributed by atoms with E-state index in [1.807, 2.05) is 23.1 Å². The lowest BCUT2D eigenvalue weighted by molar-refractivity contribution is 0.0669. The lowest BCUT2D eigenvalue weighted by Crippen LogP contribution is -2.47. The number of carbonyl (C=O) groups excluding carboxylic acids is 1. The van der Waals surface area contributed by atoms with Crippen molar-refractivity contribution in [1.29, 1.82) is 0 Å². The molecule has 2 rings (SSSR count). The van der Waals surface area contributed by atoms with E-state index in [9.17, 15) is 4.79 Å². The van der Waals surface area contributed by atoms with Gasteiger partial charge >= 0.3 is 0 Å². The number of nitrogens with zero attached hydrogens (tertiary/aromatic N) is 1. The molecule has 0 spiro atoms. The molecular formula is C16H22N2O3S. The molecule has 1 saturated heterocycles. The normalized spacial score (nSPS) is 14.5. The van der Waals surface area contributed by atoms with Crippen LogP contribution in [-0.2, 0) is 4.74 Å². The number of carbonyl (C=O) groups is 1. The quantitative estimate of drug-likeness (QED) is 0.665. The average Bonchev–Trinajstić information content (AvgIpc) is 2.56. The third-order valence-corrected chi connectivity index (χ3v) is 3.77. The molecule has 1 aromatic rings. The third kappa shape index (κ3) is 4.68. The molecule has 6 heteroatoms. The summed E-state index contributed by atoms with van der Waals surface area (Å²) in [6.07, 6.45) is 2.01. The molecular weight excluding hydrogens is 300 g/mol. The van der Waals surface area contributed by atoms with Gasteiger partial charge in [-0.05, 0) is 30.8 Å². The van der Waals surface area contributed by atoms with Gasteiger partial charge in [-0.1, -0.05) is 25.5 Å². The van der Waals surface area contributed by atoms with E-state index in [2.05, 4.69) is 12.2 Å². The predicted molar refractivity (Wildman–Crippen MR) is 89.3 cm³/mol. The van der Waals surface area contributed by atoms with Crippen LogP contribution in [0.2, 0.25) is 0 Å². The van der Waals surface area contributed by atoms with E-state index in [-0.39, 0.29) is 5.91 Å². The molecule has 120 valence electrons. The Balaban J connectivity index is 1.97. The standard InChI is InChI=1S/C16H22N2O3S/c1-2-3-10-21-14-7-5-4-6-13(14)15(19)17-16(22)18-8-11-20-12-9-18/h4-7H,2-3,8-12H2,1H3,(H,17,19,22). The summed E-state index contributed by atoms with van der Waals surface area (Å²) in [7, 11) is 0. The monoisotopic (exact) mass is 322 g/mol. The number of amides is 1. The molecule has 0 atom stereocenters. The van der Waals surface area contributed by atoms with Crippen LogP contribution >= 0.6 is 12.2 Å². The van der Waals surface area contributed by atoms with Crippen molar-refractivity contribution < 1.29 is 14.3 Å². The lowest BCUT2D eigenvalue weighted by atomic mass is 10.2. The number of thiocarbonyl (C=S) groups is 1. The molecule has 1 N–H and O–H groups in total. The van der Waals surface area contributed by atoms with E-state index in [0.29, 0.717) is 49.3 Å². The number of rotatable bonds is 5. The Labute approximate surface area is 136 Å². The molecule has 1 amide bonds. The van der Waals surface area contributed by atoms with Crippen LogP contribution < -0.4 is 10.1 Å². The van der Waals surface area contributed by atoms with E-state index < -0.39 is 0 Å². The van der Waals surface area contributed by atoms with Gasteiger partial charge in [0.2, 0.25) is 0 Å². The highest BCUT2D eigenvalue weighted by molar-refractivity contribution is 7.80. The summed E-state index contributed by atoms with van der Waals surface area (Å²) in [5, 5.41) is 3.22. The zero-order valence-electron chi connectivity index (χ0n) is 12.8. The van der Waals surface area contributed by atoms with Crippen molar-refractivity contribution in [2.24, 2.45) is 0 Å². The summed E-state index contributed by atoms with van der Waals surface area (Å²) in [5.74, 6) is 0.363. The van der Waals surface area contributed by atoms with Crippen molar-refractivity contribution in [2.75, 3.05) is 32.9 Å². The summed E-state index contributed by atoms with van der Waals surface area (Å²) in [6.45, 7) is 5.37. The van der Waals surface area contributed by atoms with Gasteiger partial charge in [-0.2, -0.15) is 0 Å². The fourth-order valence-electron chi connectivity index (χ4n) is 2.12. The molecule has 5 nitrogen and oxygen atoms in total. The Morgan fingerprint density at radius 2 is 2.09 bits per heavy atom. The van der Waals surface area contributed by atoms with Crippen LogP contribution in [0, 0.1) is 0 Å². The van der Waals surface area contributed by atoms with Gasteiger partial charge in [0.1, 0.15) is 5.75 Å². The van der Waals surface area contributed by atoms with E-state index in [0.717, 1.165) is 12.8 Å². The van der Waals surface area contributed by atoms with Gasteiger partial charge < -0.3 is 14.4 Å². The molecule has 0 bridgehead atoms. The van der Waals surface area contributed by atoms with Gasteiger partial charge in [-0.25, -0.2) is 0 Å². The largest absolute Gasteiger partial charge is 0.493 e. The Hall–Kier alpha value is -1.66. The van der Waals surface area contributed by atoms with Crippen LogP contribution in [0.15, 0.2) is 24.3 Å². The van der Waals surface area contributed by atoms with E-state index in [1.165, 1.54) is 0 Å². The first-order valence-corrected chi connectivity index (χ1v) is 8.03. The predicted octanol–water partition coefficient (Wildman–Crippen LogP) is 2.21. The summed E-state index contributed by atoms with van der Waals surface area (Å²) >= 11 is 5.30. The van der Waals surface area contributed by atoms with Crippen molar-refractivity contribution in [3.63, 3.8) is 0 Å². The Morgan fingerprint density at radius 3 is 2.82 bits per heavy atom. The van der Waals surface area contributed by atoms with Crippen molar-refractivity contribution in [1.82, 2.24) is 10.2 Å². The van der Waals surface area contributed by atoms with E-state index in [1.54, 1.807) is 6.07 Å². The minimum Gasteiger partial charge on any atom is -0.493 e. The second kappa shape index (κ2) is 8.70. The number of hydrogen-bond acceptors (Lipinski definition) is 4. The first kappa shape index (κ1) is 16.7. The molecule has 1 aliphatic rings. The molecule has 1 heterocycles. The number of morpholine rings is 1. The number of para-hydroxylation sites is 1. The summed E-state index contributed by atoms with van der Waals surface area (Å²) in [5.41, 5.74) is 0.509. The van der Waals surface area contributed by atoms with Crippen LogP contribution in [0.4, 0.5) is 0 Å². The molecule has 0 radical (unpaired) electrons. The molecule has 22 heavy (non-hydrogen) atoms. The first-order valence-electron chi connectivity index (χ1n) is 7.62. The third-order valence-electron chi connectivity index (χ3n) is 3.41. The maximum atomic E-state index is 12.4. The zero-order chi connectivity index (χ0) is 15.8. The maximum absolute atomic E-state index is 12.4. The fraction of sp³-hybridized carbons (Fsp3) is 0.500. The van der Waals surface area contributed by atoms with Crippen molar-refractivity contribution >= 4 is 23.2 Å². The topological polar surface area (TPSA) is 50.8 Å². The first-order chi connectivity index (χ1) is 10.7. The Morgan fingerprint density at radius 1 is 1.36 bits per heavy atom. The van der Waals surface area contributed by atoms with E-state index >= 15 is 0 Å². The summed E-state index contributed by atoms with van der Waals surface area (Å²) in [6, 6.07) is 7.23. The van der Waals surface area contributed by atoms with Gasteiger partial charge in [0.05, 0.1) is 25.4 Å². The minimum atomic E-state index is -0.233. The van der Waals surface area contributed by atoms with Gasteiger partial charge in [-0.3, -0.25) is 10.1 Å². The Kier molecular flexibility index (Phi) is 6.61. The lowest BCUT2D eigenvalue weighted by Gasteiger charge is -2.29. The molecule has 0 aromatic heterocycles. The molecule has 1 aromatic carbocycles. The van der Waals surface area contributed by atoms with Gasteiger partial charge in [0.15, 0.2) is 5.11 Å². The van der Waals surface area contributed by atoms with Gasteiger partial charge in [-0.15, -0.1) is 0 Å². The minimum absolute atomic E-state index is 0.233. The van der Waals surface area contributed by atoms with Gasteiger partial charge in [0.25, 0.3) is 5.91 Å². The average molecular weight is 322 g/mol. The number of ether oxygens (including phenoxy) is 2. The number of benzene rings is 1. The molecule has 0 unspecified atom stereocenters. The fourth-order valence-corrected chi connectivity index (χ4v) is 2.39. The SMILES string of the molecule is CCCCOc1ccccc1C(=O)NC(=S)N1CCOCC1. The van der Waals surface area contributed by atoms with Crippen LogP contribution in [0.1, 0.15) is 30.1 Å². The van der Waals surface area contributed by atoms with Crippen LogP contribution in [0.3, 0.4) is 0 Å². The molecule has 0 saturated carbocycles. The summed E-state index contributed by atoms with van der Waals surface area (Å²) < 4.78 is 11.0. The number of unbranched alkanes of at least 4 members (excludes halogenated alkanes) is 1. The maximum Gasteiger partial charge on any atom is 0.261 e. The van der Waals surface area contributed by atoms with Crippen molar-refractivity contribution in [3.05, 3.63) is 29.8 Å². The summed E-state index contributed by atoms with van der Waals surface area (Å²) in [4.78, 5) is 14.4. The second-order valence-electron chi connectivity index (χ2n) is 5.06. The van der Waals surface area contributed by atoms with Crippen molar-refractivity contribution in [3.8, 4) is 5.75 Å². The van der Waals surface area contributed by atoms with Crippen LogP contribution in [-0.4, -0.2) is 48.8 Å². The Bertz CT molecular complexity index is 516. The smallest absolute Gasteiger partial charge is 0.261 e. The second-order valence-corrected chi connectivity index (χ2v) is 5.44. The highest BCUT2D eigenvalue weighted by atomic mass is 32.1. The van der Waals surface area contributed by atoms with E-state index in [4.69, 9.17) is 21.7 Å². The zero-order valence-corrected chi connectivity index (χ0v) is 13.7. The van der Waals surface area contributed by atoms with Gasteiger partial charge in [0, 0.05) is 13.1 Å². The number of hydrogen-bond donors (Lipinski definition) is 1. The number of nitrogens with one attached hydrogen (secondary N) is 1. The highest BCUT2D eigenvalue weighted by Gasteiger charge is 2.18.